The van der Waals surface area contributed by atoms with Crippen LogP contribution >= 0.6 is 0 Å². The highest BCUT2D eigenvalue weighted by Gasteiger charge is 2.03. The van der Waals surface area contributed by atoms with Gasteiger partial charge in [0.1, 0.15) is 21.5 Å². The van der Waals surface area contributed by atoms with Gasteiger partial charge in [0.15, 0.2) is 0 Å². The van der Waals surface area contributed by atoms with Crippen LogP contribution in [0, 0.1) is 11.6 Å². The number of sulfone groups is 1. The second kappa shape index (κ2) is 4.57. The Morgan fingerprint density at radius 3 is 2.20 bits per heavy atom. The minimum Gasteiger partial charge on any atom is -0.384 e. The maximum Gasteiger partial charge on any atom is 0.149 e. The van der Waals surface area contributed by atoms with Crippen molar-refractivity contribution in [1.82, 2.24) is 0 Å². The maximum atomic E-state index is 12.7. The fraction of sp³-hybridized carbons (Fsp3) is 0.333. The molecule has 0 atom stereocenters. The Morgan fingerprint density at radius 1 is 1.20 bits per heavy atom. The average Bonchev–Trinajstić information content (AvgIpc) is 1.99. The van der Waals surface area contributed by atoms with Crippen molar-refractivity contribution >= 4 is 15.5 Å². The van der Waals surface area contributed by atoms with E-state index in [1.807, 2.05) is 0 Å². The molecule has 0 aliphatic carbocycles. The van der Waals surface area contributed by atoms with Crippen LogP contribution in [0.25, 0.3) is 0 Å². The Bertz CT molecular complexity index is 425. The Kier molecular flexibility index (Phi) is 3.62. The average molecular weight is 235 g/mol. The lowest BCUT2D eigenvalue weighted by atomic mass is 10.3. The second-order valence-electron chi connectivity index (χ2n) is 3.21. The molecule has 3 nitrogen and oxygen atoms in total. The van der Waals surface area contributed by atoms with Crippen molar-refractivity contribution in [2.45, 2.75) is 0 Å². The number of halogens is 2. The molecule has 0 spiro atoms. The van der Waals surface area contributed by atoms with Gasteiger partial charge in [-0.15, -0.1) is 0 Å². The molecule has 0 unspecified atom stereocenters. The summed E-state index contributed by atoms with van der Waals surface area (Å²) < 4.78 is 46.9. The van der Waals surface area contributed by atoms with Gasteiger partial charge in [-0.05, 0) is 12.1 Å². The second-order valence-corrected chi connectivity index (χ2v) is 5.47. The quantitative estimate of drug-likeness (QED) is 0.858. The number of nitrogens with one attached hydrogen (secondary N) is 1. The largest absolute Gasteiger partial charge is 0.384 e. The molecule has 1 N–H and O–H groups in total. The monoisotopic (exact) mass is 235 g/mol. The molecule has 1 rings (SSSR count). The standard InChI is InChI=1S/C9H11F2NO2S/c1-15(13,14)3-2-12-9-5-7(10)4-8(11)6-9/h4-6,12H,2-3H2,1H3. The predicted octanol–water partition coefficient (Wildman–Crippen LogP) is 1.42. The van der Waals surface area contributed by atoms with Gasteiger partial charge in [-0.2, -0.15) is 0 Å². The number of hydrogen-bond donors (Lipinski definition) is 1. The molecule has 15 heavy (non-hydrogen) atoms. The third-order valence-corrected chi connectivity index (χ3v) is 2.61. The zero-order valence-electron chi connectivity index (χ0n) is 8.13. The van der Waals surface area contributed by atoms with Crippen molar-refractivity contribution in [2.24, 2.45) is 0 Å². The van der Waals surface area contributed by atoms with Gasteiger partial charge in [0.25, 0.3) is 0 Å². The van der Waals surface area contributed by atoms with Crippen molar-refractivity contribution in [2.75, 3.05) is 23.9 Å². The SMILES string of the molecule is CS(=O)(=O)CCNc1cc(F)cc(F)c1. The van der Waals surface area contributed by atoms with E-state index in [2.05, 4.69) is 5.32 Å². The van der Waals surface area contributed by atoms with Crippen LogP contribution in [0.15, 0.2) is 18.2 Å². The normalized spacial score (nSPS) is 11.4. The molecule has 0 aromatic heterocycles. The molecule has 0 aliphatic heterocycles. The molecule has 0 amide bonds. The van der Waals surface area contributed by atoms with Crippen LogP contribution in [0.4, 0.5) is 14.5 Å². The molecule has 6 heteroatoms. The van der Waals surface area contributed by atoms with E-state index >= 15 is 0 Å². The zero-order valence-corrected chi connectivity index (χ0v) is 8.94. The van der Waals surface area contributed by atoms with E-state index in [-0.39, 0.29) is 18.0 Å². The molecule has 0 saturated carbocycles. The van der Waals surface area contributed by atoms with Crippen LogP contribution in [0.3, 0.4) is 0 Å². The molecule has 0 heterocycles. The fourth-order valence-electron chi connectivity index (χ4n) is 1.04. The Balaban J connectivity index is 2.58. The number of rotatable bonds is 4. The number of hydrogen-bond acceptors (Lipinski definition) is 3. The first kappa shape index (κ1) is 11.9. The van der Waals surface area contributed by atoms with Crippen molar-refractivity contribution in [3.63, 3.8) is 0 Å². The van der Waals surface area contributed by atoms with E-state index < -0.39 is 21.5 Å². The van der Waals surface area contributed by atoms with Gasteiger partial charge in [0, 0.05) is 24.6 Å². The van der Waals surface area contributed by atoms with E-state index in [4.69, 9.17) is 0 Å². The Hall–Kier alpha value is -1.17. The van der Waals surface area contributed by atoms with Crippen LogP contribution in [-0.4, -0.2) is 27.0 Å². The Morgan fingerprint density at radius 2 is 1.73 bits per heavy atom. The zero-order chi connectivity index (χ0) is 11.5. The van der Waals surface area contributed by atoms with Gasteiger partial charge < -0.3 is 5.32 Å². The lowest BCUT2D eigenvalue weighted by Crippen LogP contribution is -2.14. The smallest absolute Gasteiger partial charge is 0.149 e. The van der Waals surface area contributed by atoms with Crippen LogP contribution in [0.2, 0.25) is 0 Å². The summed E-state index contributed by atoms with van der Waals surface area (Å²) in [5.74, 6) is -1.47. The summed E-state index contributed by atoms with van der Waals surface area (Å²) in [5, 5.41) is 2.62. The van der Waals surface area contributed by atoms with Crippen molar-refractivity contribution in [3.05, 3.63) is 29.8 Å². The minimum atomic E-state index is -3.06. The molecule has 0 bridgehead atoms. The first-order chi connectivity index (χ1) is 6.87. The number of anilines is 1. The predicted molar refractivity (Wildman–Crippen MR) is 54.6 cm³/mol. The highest BCUT2D eigenvalue weighted by Crippen LogP contribution is 2.12. The third-order valence-electron chi connectivity index (χ3n) is 1.66. The lowest BCUT2D eigenvalue weighted by molar-refractivity contribution is 0.584. The fourth-order valence-corrected chi connectivity index (χ4v) is 1.51. The Labute approximate surface area is 87.0 Å². The maximum absolute atomic E-state index is 12.7. The summed E-state index contributed by atoms with van der Waals surface area (Å²) in [7, 11) is -3.06. The van der Waals surface area contributed by atoms with E-state index in [1.165, 1.54) is 0 Å². The summed E-state index contributed by atoms with van der Waals surface area (Å²) in [6, 6.07) is 2.96. The highest BCUT2D eigenvalue weighted by atomic mass is 32.2. The van der Waals surface area contributed by atoms with Gasteiger partial charge in [-0.1, -0.05) is 0 Å². The molecule has 1 aromatic rings. The summed E-state index contributed by atoms with van der Waals surface area (Å²) in [6.07, 6.45) is 1.10. The topological polar surface area (TPSA) is 46.2 Å². The molecular formula is C9H11F2NO2S. The van der Waals surface area contributed by atoms with Gasteiger partial charge in [-0.3, -0.25) is 0 Å². The summed E-state index contributed by atoms with van der Waals surface area (Å²) in [6.45, 7) is 0.127. The molecule has 84 valence electrons. The first-order valence-electron chi connectivity index (χ1n) is 4.24. The van der Waals surface area contributed by atoms with Crippen molar-refractivity contribution in [1.29, 1.82) is 0 Å². The summed E-state index contributed by atoms with van der Waals surface area (Å²) >= 11 is 0. The number of benzene rings is 1. The van der Waals surface area contributed by atoms with Crippen molar-refractivity contribution < 1.29 is 17.2 Å². The third kappa shape index (κ3) is 4.73. The first-order valence-corrected chi connectivity index (χ1v) is 6.30. The summed E-state index contributed by atoms with van der Waals surface area (Å²) in [5.41, 5.74) is 0.233. The molecule has 0 saturated heterocycles. The van der Waals surface area contributed by atoms with Crippen LogP contribution in [0.5, 0.6) is 0 Å². The molecule has 0 radical (unpaired) electrons. The van der Waals surface area contributed by atoms with Gasteiger partial charge in [-0.25, -0.2) is 17.2 Å². The summed E-state index contributed by atoms with van der Waals surface area (Å²) in [4.78, 5) is 0. The van der Waals surface area contributed by atoms with Gasteiger partial charge in [0.05, 0.1) is 5.75 Å². The molecule has 0 aliphatic rings. The van der Waals surface area contributed by atoms with E-state index in [1.54, 1.807) is 0 Å². The van der Waals surface area contributed by atoms with E-state index in [0.29, 0.717) is 0 Å². The molecule has 1 aromatic carbocycles. The van der Waals surface area contributed by atoms with Crippen LogP contribution < -0.4 is 5.32 Å². The van der Waals surface area contributed by atoms with E-state index in [0.717, 1.165) is 24.5 Å². The van der Waals surface area contributed by atoms with E-state index in [9.17, 15) is 17.2 Å². The van der Waals surface area contributed by atoms with Crippen LogP contribution in [-0.2, 0) is 9.84 Å². The van der Waals surface area contributed by atoms with Gasteiger partial charge >= 0.3 is 0 Å². The minimum absolute atomic E-state index is 0.0782. The molecule has 0 fully saturated rings. The van der Waals surface area contributed by atoms with Crippen LogP contribution in [0.1, 0.15) is 0 Å². The van der Waals surface area contributed by atoms with Crippen molar-refractivity contribution in [3.8, 4) is 0 Å². The highest BCUT2D eigenvalue weighted by molar-refractivity contribution is 7.90. The lowest BCUT2D eigenvalue weighted by Gasteiger charge is -2.05. The van der Waals surface area contributed by atoms with Gasteiger partial charge in [0.2, 0.25) is 0 Å². The molecular weight excluding hydrogens is 224 g/mol.